The molecule has 30 heavy (non-hydrogen) atoms. The van der Waals surface area contributed by atoms with Gasteiger partial charge >= 0.3 is 0 Å². The van der Waals surface area contributed by atoms with Crippen LogP contribution in [0.1, 0.15) is 36.2 Å². The van der Waals surface area contributed by atoms with Crippen LogP contribution in [0.4, 0.5) is 16.3 Å². The van der Waals surface area contributed by atoms with Crippen LogP contribution in [0.2, 0.25) is 0 Å². The van der Waals surface area contributed by atoms with Crippen molar-refractivity contribution in [1.82, 2.24) is 29.4 Å². The molecule has 1 aliphatic carbocycles. The lowest BCUT2D eigenvalue weighted by Crippen LogP contribution is -2.37. The minimum absolute atomic E-state index is 0.0183. The van der Waals surface area contributed by atoms with E-state index in [4.69, 9.17) is 4.98 Å². The lowest BCUT2D eigenvalue weighted by molar-refractivity contribution is 0.0751. The lowest BCUT2D eigenvalue weighted by Gasteiger charge is -2.29. The van der Waals surface area contributed by atoms with Crippen LogP contribution in [0.25, 0.3) is 11.0 Å². The number of rotatable bonds is 4. The molecule has 0 saturated heterocycles. The normalized spacial score (nSPS) is 21.5. The highest BCUT2D eigenvalue weighted by Crippen LogP contribution is 2.25. The first-order valence-corrected chi connectivity index (χ1v) is 10.2. The van der Waals surface area contributed by atoms with Gasteiger partial charge < -0.3 is 20.1 Å². The van der Waals surface area contributed by atoms with Crippen LogP contribution in [0, 0.1) is 5.82 Å². The maximum atomic E-state index is 12.9. The number of aromatic nitrogens is 5. The van der Waals surface area contributed by atoms with E-state index >= 15 is 0 Å². The first kappa shape index (κ1) is 18.7. The van der Waals surface area contributed by atoms with Gasteiger partial charge in [-0.1, -0.05) is 0 Å². The maximum absolute atomic E-state index is 12.9. The number of anilines is 2. The van der Waals surface area contributed by atoms with E-state index in [9.17, 15) is 9.18 Å². The van der Waals surface area contributed by atoms with Crippen LogP contribution >= 0.6 is 0 Å². The van der Waals surface area contributed by atoms with Gasteiger partial charge in [-0.15, -0.1) is 0 Å². The van der Waals surface area contributed by atoms with Crippen molar-refractivity contribution in [3.63, 3.8) is 0 Å². The Balaban J connectivity index is 1.23. The molecule has 1 aliphatic heterocycles. The summed E-state index contributed by atoms with van der Waals surface area (Å²) in [7, 11) is 1.82. The third-order valence-electron chi connectivity index (χ3n) is 5.87. The van der Waals surface area contributed by atoms with Gasteiger partial charge in [0, 0.05) is 43.8 Å². The third kappa shape index (κ3) is 3.53. The van der Waals surface area contributed by atoms with Crippen LogP contribution < -0.4 is 10.6 Å². The second kappa shape index (κ2) is 7.51. The molecule has 0 unspecified atom stereocenters. The molecule has 0 bridgehead atoms. The topological polar surface area (TPSA) is 101 Å². The summed E-state index contributed by atoms with van der Waals surface area (Å²) in [6.07, 6.45) is 7.92. The molecule has 10 heteroatoms. The Kier molecular flexibility index (Phi) is 4.68. The summed E-state index contributed by atoms with van der Waals surface area (Å²) in [5, 5.41) is 7.59. The number of likely N-dealkylation sites (N-methyl/N-ethyl adjacent to an activating group) is 1. The monoisotopic (exact) mass is 410 g/mol. The third-order valence-corrected chi connectivity index (χ3v) is 5.87. The van der Waals surface area contributed by atoms with Gasteiger partial charge in [0.1, 0.15) is 11.3 Å². The Morgan fingerprint density at radius 1 is 0.967 bits per heavy atom. The number of halogens is 1. The molecule has 5 rings (SSSR count). The summed E-state index contributed by atoms with van der Waals surface area (Å²) in [5.74, 6) is 0.628. The zero-order valence-electron chi connectivity index (χ0n) is 16.7. The molecule has 0 atom stereocenters. The van der Waals surface area contributed by atoms with Crippen LogP contribution in [0.3, 0.4) is 0 Å². The fraction of sp³-hybridized carbons (Fsp3) is 0.450. The maximum Gasteiger partial charge on any atom is 0.270 e. The fourth-order valence-corrected chi connectivity index (χ4v) is 4.19. The van der Waals surface area contributed by atoms with Crippen molar-refractivity contribution in [3.8, 4) is 0 Å². The molecule has 0 radical (unpaired) electrons. The summed E-state index contributed by atoms with van der Waals surface area (Å²) in [6, 6.07) is 2.40. The SMILES string of the molecule is CN1CCn2c(cc3cnc(NC4CCC(Nc5ncc(F)cn5)CC4)nc32)C1=O. The van der Waals surface area contributed by atoms with Crippen molar-refractivity contribution in [2.75, 3.05) is 24.2 Å². The average molecular weight is 410 g/mol. The van der Waals surface area contributed by atoms with E-state index in [1.807, 2.05) is 17.7 Å². The smallest absolute Gasteiger partial charge is 0.270 e. The minimum Gasteiger partial charge on any atom is -0.351 e. The van der Waals surface area contributed by atoms with Crippen LogP contribution in [0.15, 0.2) is 24.7 Å². The molecule has 2 N–H and O–H groups in total. The zero-order chi connectivity index (χ0) is 20.7. The Bertz CT molecular complexity index is 1070. The fourth-order valence-electron chi connectivity index (χ4n) is 4.19. The number of carbonyl (C=O) groups excluding carboxylic acids is 1. The number of nitrogens with zero attached hydrogens (tertiary/aromatic N) is 6. The number of fused-ring (bicyclic) bond motifs is 3. The second-order valence-electron chi connectivity index (χ2n) is 7.94. The van der Waals surface area contributed by atoms with Crippen molar-refractivity contribution in [3.05, 3.63) is 36.2 Å². The molecule has 9 nitrogen and oxygen atoms in total. The van der Waals surface area contributed by atoms with Crippen LogP contribution in [0.5, 0.6) is 0 Å². The van der Waals surface area contributed by atoms with Gasteiger partial charge in [-0.3, -0.25) is 4.79 Å². The summed E-state index contributed by atoms with van der Waals surface area (Å²) in [4.78, 5) is 31.2. The highest BCUT2D eigenvalue weighted by atomic mass is 19.1. The second-order valence-corrected chi connectivity index (χ2v) is 7.94. The Hall–Kier alpha value is -3.30. The van der Waals surface area contributed by atoms with Gasteiger partial charge in [0.2, 0.25) is 11.9 Å². The summed E-state index contributed by atoms with van der Waals surface area (Å²) < 4.78 is 14.9. The van der Waals surface area contributed by atoms with Crippen molar-refractivity contribution >= 4 is 28.8 Å². The van der Waals surface area contributed by atoms with E-state index in [2.05, 4.69) is 25.6 Å². The molecule has 1 fully saturated rings. The summed E-state index contributed by atoms with van der Waals surface area (Å²) in [6.45, 7) is 1.41. The quantitative estimate of drug-likeness (QED) is 0.680. The van der Waals surface area contributed by atoms with Gasteiger partial charge in [-0.2, -0.15) is 4.98 Å². The van der Waals surface area contributed by atoms with E-state index in [1.165, 1.54) is 12.4 Å². The van der Waals surface area contributed by atoms with Gasteiger partial charge in [0.25, 0.3) is 5.91 Å². The predicted molar refractivity (Wildman–Crippen MR) is 110 cm³/mol. The van der Waals surface area contributed by atoms with E-state index in [0.29, 0.717) is 24.1 Å². The van der Waals surface area contributed by atoms with Gasteiger partial charge in [-0.25, -0.2) is 19.3 Å². The van der Waals surface area contributed by atoms with Crippen molar-refractivity contribution in [1.29, 1.82) is 0 Å². The van der Waals surface area contributed by atoms with E-state index < -0.39 is 5.82 Å². The van der Waals surface area contributed by atoms with Crippen molar-refractivity contribution < 1.29 is 9.18 Å². The van der Waals surface area contributed by atoms with E-state index in [0.717, 1.165) is 43.3 Å². The largest absolute Gasteiger partial charge is 0.351 e. The lowest BCUT2D eigenvalue weighted by atomic mass is 9.91. The molecular weight excluding hydrogens is 387 g/mol. The Morgan fingerprint density at radius 2 is 1.60 bits per heavy atom. The van der Waals surface area contributed by atoms with E-state index in [1.54, 1.807) is 11.1 Å². The molecule has 1 amide bonds. The molecule has 3 aromatic rings. The molecule has 0 spiro atoms. The van der Waals surface area contributed by atoms with Crippen molar-refractivity contribution in [2.24, 2.45) is 0 Å². The van der Waals surface area contributed by atoms with Crippen molar-refractivity contribution in [2.45, 2.75) is 44.3 Å². The Morgan fingerprint density at radius 3 is 2.30 bits per heavy atom. The Labute approximate surface area is 172 Å². The molecular formula is C20H23FN8O. The molecule has 3 aromatic heterocycles. The van der Waals surface area contributed by atoms with Crippen LogP contribution in [-0.4, -0.2) is 61.0 Å². The van der Waals surface area contributed by atoms with Gasteiger partial charge in [0.05, 0.1) is 12.4 Å². The van der Waals surface area contributed by atoms with Crippen LogP contribution in [-0.2, 0) is 6.54 Å². The predicted octanol–water partition coefficient (Wildman–Crippen LogP) is 2.28. The molecule has 156 valence electrons. The number of nitrogens with one attached hydrogen (secondary N) is 2. The number of amides is 1. The summed E-state index contributed by atoms with van der Waals surface area (Å²) >= 11 is 0. The number of hydrogen-bond acceptors (Lipinski definition) is 7. The van der Waals surface area contributed by atoms with Gasteiger partial charge in [0.15, 0.2) is 5.82 Å². The summed E-state index contributed by atoms with van der Waals surface area (Å²) in [5.41, 5.74) is 1.47. The minimum atomic E-state index is -0.439. The number of carbonyl (C=O) groups is 1. The molecule has 0 aromatic carbocycles. The molecule has 2 aliphatic rings. The first-order chi connectivity index (χ1) is 14.6. The molecule has 1 saturated carbocycles. The highest BCUT2D eigenvalue weighted by Gasteiger charge is 2.26. The highest BCUT2D eigenvalue weighted by molar-refractivity contribution is 5.98. The zero-order valence-corrected chi connectivity index (χ0v) is 16.7. The van der Waals surface area contributed by atoms with E-state index in [-0.39, 0.29) is 18.0 Å². The number of hydrogen-bond donors (Lipinski definition) is 2. The molecule has 4 heterocycles. The van der Waals surface area contributed by atoms with Gasteiger partial charge in [-0.05, 0) is 31.7 Å². The average Bonchev–Trinajstić information content (AvgIpc) is 3.12. The first-order valence-electron chi connectivity index (χ1n) is 10.2. The standard InChI is InChI=1S/C20H23FN8O/c1-28-6-7-29-16(18(28)30)8-12-9-22-20(27-17(12)29)26-15-4-2-14(3-5-15)25-19-23-10-13(21)11-24-19/h8-11,14-15H,2-7H2,1H3,(H,22,26,27)(H,23,24,25).